The molecule has 4 heteroatoms. The van der Waals surface area contributed by atoms with Gasteiger partial charge in [0, 0.05) is 18.3 Å². The molecule has 2 heterocycles. The van der Waals surface area contributed by atoms with Crippen LogP contribution >= 0.6 is 0 Å². The predicted octanol–water partition coefficient (Wildman–Crippen LogP) is 3.62. The van der Waals surface area contributed by atoms with Crippen LogP contribution in [0.4, 0.5) is 0 Å². The van der Waals surface area contributed by atoms with Gasteiger partial charge in [-0.1, -0.05) is 18.2 Å². The Morgan fingerprint density at radius 2 is 2.00 bits per heavy atom. The third kappa shape index (κ3) is 2.50. The van der Waals surface area contributed by atoms with E-state index in [0.717, 1.165) is 23.6 Å². The zero-order chi connectivity index (χ0) is 14.9. The molecule has 112 valence electrons. The average Bonchev–Trinajstić information content (AvgIpc) is 3.33. The number of nitrogens with zero attached hydrogens (tertiary/aromatic N) is 3. The minimum absolute atomic E-state index is 0.216. The van der Waals surface area contributed by atoms with Crippen LogP contribution < -0.4 is 5.32 Å². The van der Waals surface area contributed by atoms with Gasteiger partial charge in [-0.05, 0) is 44.0 Å². The van der Waals surface area contributed by atoms with Crippen LogP contribution in [-0.2, 0) is 6.54 Å². The molecule has 1 saturated carbocycles. The van der Waals surface area contributed by atoms with Gasteiger partial charge in [0.25, 0.3) is 0 Å². The Morgan fingerprint density at radius 3 is 2.77 bits per heavy atom. The molecule has 22 heavy (non-hydrogen) atoms. The van der Waals surface area contributed by atoms with E-state index in [2.05, 4.69) is 52.1 Å². The minimum atomic E-state index is 0.216. The molecule has 0 saturated heterocycles. The number of aromatic nitrogens is 3. The van der Waals surface area contributed by atoms with Crippen LogP contribution in [0.25, 0.3) is 11.0 Å². The fraction of sp³-hybridized carbons (Fsp3) is 0.333. The molecule has 0 unspecified atom stereocenters. The van der Waals surface area contributed by atoms with Crippen molar-refractivity contribution in [3.05, 3.63) is 60.2 Å². The van der Waals surface area contributed by atoms with Crippen LogP contribution in [0, 0.1) is 0 Å². The van der Waals surface area contributed by atoms with E-state index in [0.29, 0.717) is 6.04 Å². The van der Waals surface area contributed by atoms with Gasteiger partial charge in [-0.3, -0.25) is 4.98 Å². The highest BCUT2D eigenvalue weighted by Crippen LogP contribution is 2.38. The van der Waals surface area contributed by atoms with Crippen molar-refractivity contribution >= 4 is 11.0 Å². The second-order valence-electron chi connectivity index (χ2n) is 5.98. The Labute approximate surface area is 130 Å². The normalized spacial score (nSPS) is 16.0. The van der Waals surface area contributed by atoms with E-state index in [1.54, 1.807) is 0 Å². The number of para-hydroxylation sites is 2. The molecule has 2 aromatic heterocycles. The van der Waals surface area contributed by atoms with Gasteiger partial charge in [-0.15, -0.1) is 0 Å². The molecule has 4 nitrogen and oxygen atoms in total. The van der Waals surface area contributed by atoms with E-state index >= 15 is 0 Å². The van der Waals surface area contributed by atoms with E-state index in [1.807, 2.05) is 18.3 Å². The number of rotatable bonds is 5. The first-order chi connectivity index (χ1) is 10.8. The van der Waals surface area contributed by atoms with Crippen molar-refractivity contribution in [2.45, 2.75) is 38.4 Å². The van der Waals surface area contributed by atoms with Crippen LogP contribution in [0.2, 0.25) is 0 Å². The summed E-state index contributed by atoms with van der Waals surface area (Å²) >= 11 is 0. The number of pyridine rings is 1. The van der Waals surface area contributed by atoms with Gasteiger partial charge >= 0.3 is 0 Å². The van der Waals surface area contributed by atoms with E-state index in [1.165, 1.54) is 18.4 Å². The Hall–Kier alpha value is -2.20. The first-order valence-corrected chi connectivity index (χ1v) is 7.93. The summed E-state index contributed by atoms with van der Waals surface area (Å²) in [5.41, 5.74) is 3.42. The molecule has 1 aliphatic carbocycles. The minimum Gasteiger partial charge on any atom is -0.324 e. The van der Waals surface area contributed by atoms with Crippen LogP contribution in [-0.4, -0.2) is 14.5 Å². The highest BCUT2D eigenvalue weighted by Gasteiger charge is 2.28. The lowest BCUT2D eigenvalue weighted by atomic mass is 10.2. The summed E-state index contributed by atoms with van der Waals surface area (Å²) in [5.74, 6) is 1.13. The lowest BCUT2D eigenvalue weighted by Gasteiger charge is -2.14. The number of benzene rings is 1. The second kappa shape index (κ2) is 5.54. The summed E-state index contributed by atoms with van der Waals surface area (Å²) in [6.07, 6.45) is 4.37. The Morgan fingerprint density at radius 1 is 1.18 bits per heavy atom. The zero-order valence-corrected chi connectivity index (χ0v) is 12.7. The van der Waals surface area contributed by atoms with Crippen molar-refractivity contribution in [2.75, 3.05) is 0 Å². The molecule has 1 atom stereocenters. The van der Waals surface area contributed by atoms with Gasteiger partial charge in [0.1, 0.15) is 5.82 Å². The molecule has 0 radical (unpaired) electrons. The monoisotopic (exact) mass is 292 g/mol. The molecule has 3 aromatic rings. The topological polar surface area (TPSA) is 42.7 Å². The fourth-order valence-electron chi connectivity index (χ4n) is 2.94. The highest BCUT2D eigenvalue weighted by molar-refractivity contribution is 5.76. The average molecular weight is 292 g/mol. The smallest absolute Gasteiger partial charge is 0.124 e. The van der Waals surface area contributed by atoms with Gasteiger partial charge in [0.15, 0.2) is 0 Å². The summed E-state index contributed by atoms with van der Waals surface area (Å²) in [7, 11) is 0. The molecular formula is C18H20N4. The van der Waals surface area contributed by atoms with E-state index in [-0.39, 0.29) is 6.04 Å². The molecule has 0 bridgehead atoms. The fourth-order valence-corrected chi connectivity index (χ4v) is 2.94. The molecule has 1 aliphatic rings. The second-order valence-corrected chi connectivity index (χ2v) is 5.98. The quantitative estimate of drug-likeness (QED) is 0.781. The number of fused-ring (bicyclic) bond motifs is 1. The van der Waals surface area contributed by atoms with E-state index < -0.39 is 0 Å². The Bertz CT molecular complexity index is 774. The van der Waals surface area contributed by atoms with Crippen molar-refractivity contribution in [2.24, 2.45) is 0 Å². The summed E-state index contributed by atoms with van der Waals surface area (Å²) in [5, 5.41) is 3.55. The van der Waals surface area contributed by atoms with Crippen LogP contribution in [0.3, 0.4) is 0 Å². The molecule has 1 N–H and O–H groups in total. The van der Waals surface area contributed by atoms with Crippen molar-refractivity contribution in [3.8, 4) is 0 Å². The number of hydrogen-bond donors (Lipinski definition) is 1. The van der Waals surface area contributed by atoms with Gasteiger partial charge in [-0.25, -0.2) is 4.98 Å². The molecule has 4 rings (SSSR count). The van der Waals surface area contributed by atoms with E-state index in [9.17, 15) is 0 Å². The molecule has 1 aromatic carbocycles. The lowest BCUT2D eigenvalue weighted by molar-refractivity contribution is 0.531. The standard InChI is InChI=1S/C18H20N4/c1-13(15-6-4-5-11-19-15)20-12-18-21-16-7-2-3-8-17(16)22(18)14-9-10-14/h2-8,11,13-14,20H,9-10,12H2,1H3/t13-/m1/s1. The molecule has 0 spiro atoms. The summed E-state index contributed by atoms with van der Waals surface area (Å²) in [6.45, 7) is 2.91. The first kappa shape index (κ1) is 13.5. The van der Waals surface area contributed by atoms with Gasteiger partial charge in [-0.2, -0.15) is 0 Å². The van der Waals surface area contributed by atoms with E-state index in [4.69, 9.17) is 4.98 Å². The van der Waals surface area contributed by atoms with Crippen LogP contribution in [0.5, 0.6) is 0 Å². The molecule has 1 fully saturated rings. The predicted molar refractivity (Wildman–Crippen MR) is 87.5 cm³/mol. The third-order valence-corrected chi connectivity index (χ3v) is 4.28. The maximum absolute atomic E-state index is 4.82. The lowest BCUT2D eigenvalue weighted by Crippen LogP contribution is -2.21. The van der Waals surface area contributed by atoms with Gasteiger partial charge < -0.3 is 9.88 Å². The Balaban J connectivity index is 1.58. The maximum Gasteiger partial charge on any atom is 0.124 e. The largest absolute Gasteiger partial charge is 0.324 e. The van der Waals surface area contributed by atoms with Crippen molar-refractivity contribution in [1.29, 1.82) is 0 Å². The van der Waals surface area contributed by atoms with Crippen LogP contribution in [0.15, 0.2) is 48.7 Å². The zero-order valence-electron chi connectivity index (χ0n) is 12.7. The van der Waals surface area contributed by atoms with Crippen molar-refractivity contribution < 1.29 is 0 Å². The first-order valence-electron chi connectivity index (χ1n) is 7.93. The molecular weight excluding hydrogens is 272 g/mol. The Kier molecular flexibility index (Phi) is 3.39. The number of imidazole rings is 1. The van der Waals surface area contributed by atoms with Crippen molar-refractivity contribution in [1.82, 2.24) is 19.9 Å². The van der Waals surface area contributed by atoms with Crippen LogP contribution in [0.1, 0.15) is 43.4 Å². The molecule has 0 amide bonds. The number of nitrogens with one attached hydrogen (secondary N) is 1. The summed E-state index contributed by atoms with van der Waals surface area (Å²) < 4.78 is 2.41. The highest BCUT2D eigenvalue weighted by atomic mass is 15.2. The van der Waals surface area contributed by atoms with Gasteiger partial charge in [0.05, 0.1) is 23.3 Å². The number of hydrogen-bond acceptors (Lipinski definition) is 3. The third-order valence-electron chi connectivity index (χ3n) is 4.28. The molecule has 0 aliphatic heterocycles. The summed E-state index contributed by atoms with van der Waals surface area (Å²) in [6, 6.07) is 15.3. The van der Waals surface area contributed by atoms with Crippen molar-refractivity contribution in [3.63, 3.8) is 0 Å². The van der Waals surface area contributed by atoms with Gasteiger partial charge in [0.2, 0.25) is 0 Å². The maximum atomic E-state index is 4.82. The SMILES string of the molecule is C[C@@H](NCc1nc2ccccc2n1C1CC1)c1ccccn1. The summed E-state index contributed by atoms with van der Waals surface area (Å²) in [4.78, 5) is 9.23.